The van der Waals surface area contributed by atoms with E-state index in [1.54, 1.807) is 6.92 Å². The Hall–Kier alpha value is -1.90. The Morgan fingerprint density at radius 3 is 2.86 bits per heavy atom. The van der Waals surface area contributed by atoms with Crippen LogP contribution in [0.2, 0.25) is 5.02 Å². The van der Waals surface area contributed by atoms with E-state index in [1.807, 2.05) is 0 Å². The van der Waals surface area contributed by atoms with Crippen molar-refractivity contribution in [3.8, 4) is 0 Å². The van der Waals surface area contributed by atoms with Crippen molar-refractivity contribution in [3.05, 3.63) is 32.7 Å². The summed E-state index contributed by atoms with van der Waals surface area (Å²) in [6.45, 7) is 2.02. The minimum Gasteiger partial charge on any atom is -0.477 e. The first kappa shape index (κ1) is 14.1. The van der Waals surface area contributed by atoms with Crippen LogP contribution in [0.4, 0.5) is 0 Å². The van der Waals surface area contributed by atoms with Crippen LogP contribution in [0.15, 0.2) is 11.0 Å². The number of rotatable bonds is 1. The number of aromatic carboxylic acids is 1. The number of nitrogens with two attached hydrogens (primary N) is 1. The third-order valence-corrected chi connectivity index (χ3v) is 4.05. The van der Waals surface area contributed by atoms with Gasteiger partial charge in [-0.05, 0) is 6.92 Å². The normalized spacial score (nSPS) is 27.5. The van der Waals surface area contributed by atoms with Gasteiger partial charge in [0, 0.05) is 6.20 Å². The summed E-state index contributed by atoms with van der Waals surface area (Å²) < 4.78 is 6.72. The highest BCUT2D eigenvalue weighted by atomic mass is 35.5. The second-order valence-electron chi connectivity index (χ2n) is 5.15. The van der Waals surface area contributed by atoms with Gasteiger partial charge in [-0.25, -0.2) is 4.79 Å². The van der Waals surface area contributed by atoms with Crippen molar-refractivity contribution in [1.82, 2.24) is 9.47 Å². The molecule has 1 fully saturated rings. The second kappa shape index (κ2) is 4.30. The van der Waals surface area contributed by atoms with Crippen LogP contribution in [0.5, 0.6) is 0 Å². The molecule has 0 saturated carbocycles. The summed E-state index contributed by atoms with van der Waals surface area (Å²) in [5, 5.41) is 8.61. The average Bonchev–Trinajstić information content (AvgIpc) is 2.69. The number of carboxylic acids is 1. The molecule has 1 aromatic rings. The van der Waals surface area contributed by atoms with E-state index >= 15 is 0 Å². The molecule has 0 spiro atoms. The van der Waals surface area contributed by atoms with Crippen molar-refractivity contribution in [2.45, 2.75) is 25.4 Å². The van der Waals surface area contributed by atoms with Gasteiger partial charge in [-0.1, -0.05) is 11.6 Å². The summed E-state index contributed by atoms with van der Waals surface area (Å²) in [5.74, 6) is -3.33. The Balaban J connectivity index is 2.25. The zero-order chi connectivity index (χ0) is 15.5. The molecule has 0 aromatic carbocycles. The van der Waals surface area contributed by atoms with Crippen LogP contribution in [0.3, 0.4) is 0 Å². The van der Waals surface area contributed by atoms with E-state index in [4.69, 9.17) is 27.2 Å². The number of ether oxygens (including phenoxy) is 1. The summed E-state index contributed by atoms with van der Waals surface area (Å²) in [7, 11) is 0. The maximum Gasteiger partial charge on any atom is 0.341 e. The van der Waals surface area contributed by atoms with Crippen LogP contribution in [-0.4, -0.2) is 44.9 Å². The third kappa shape index (κ3) is 1.80. The van der Waals surface area contributed by atoms with Crippen LogP contribution in [0.1, 0.15) is 27.8 Å². The molecule has 8 nitrogen and oxygen atoms in total. The Kier molecular flexibility index (Phi) is 2.88. The number of carbonyl (C=O) groups is 2. The number of hydrogen-bond donors (Lipinski definition) is 2. The smallest absolute Gasteiger partial charge is 0.341 e. The predicted molar refractivity (Wildman–Crippen MR) is 71.2 cm³/mol. The Morgan fingerprint density at radius 1 is 1.57 bits per heavy atom. The first-order valence-electron chi connectivity index (χ1n) is 6.19. The van der Waals surface area contributed by atoms with Gasteiger partial charge >= 0.3 is 5.97 Å². The van der Waals surface area contributed by atoms with E-state index in [1.165, 1.54) is 9.47 Å². The highest BCUT2D eigenvalue weighted by molar-refractivity contribution is 6.33. The zero-order valence-electron chi connectivity index (χ0n) is 11.0. The number of nitrogens with zero attached hydrogens (tertiary/aromatic N) is 2. The van der Waals surface area contributed by atoms with E-state index in [2.05, 4.69) is 0 Å². The number of carboxylic acid groups (broad SMARTS) is 1. The van der Waals surface area contributed by atoms with E-state index in [-0.39, 0.29) is 24.9 Å². The molecular weight excluding hydrogens is 302 g/mol. The Morgan fingerprint density at radius 2 is 2.24 bits per heavy atom. The summed E-state index contributed by atoms with van der Waals surface area (Å²) in [4.78, 5) is 36.9. The molecule has 1 amide bonds. The minimum atomic E-state index is -1.42. The lowest BCUT2D eigenvalue weighted by molar-refractivity contribution is -0.0848. The van der Waals surface area contributed by atoms with E-state index in [0.717, 1.165) is 6.20 Å². The first-order chi connectivity index (χ1) is 9.76. The standard InChI is InChI=1S/C12H12ClN3O5/c1-5-3-21-12(14)4-15-2-6(11(19)20)9(17)7(13)8(15)10(18)16(5)12/h2,5H,3-4,14H2,1H3,(H,19,20)/t5-,12-/m0/s1. The predicted octanol–water partition coefficient (Wildman–Crippen LogP) is -0.313. The maximum atomic E-state index is 12.5. The van der Waals surface area contributed by atoms with Crippen LogP contribution >= 0.6 is 11.6 Å². The summed E-state index contributed by atoms with van der Waals surface area (Å²) >= 11 is 5.91. The lowest BCUT2D eigenvalue weighted by Crippen LogP contribution is -2.63. The monoisotopic (exact) mass is 313 g/mol. The van der Waals surface area contributed by atoms with E-state index < -0.39 is 33.7 Å². The van der Waals surface area contributed by atoms with Gasteiger partial charge in [0.2, 0.25) is 11.3 Å². The SMILES string of the molecule is C[C@H]1CO[C@]2(N)Cn3cc(C(=O)O)c(=O)c(Cl)c3C(=O)N12. The molecule has 112 valence electrons. The highest BCUT2D eigenvalue weighted by Gasteiger charge is 2.51. The molecule has 0 aliphatic carbocycles. The number of amides is 1. The quantitative estimate of drug-likeness (QED) is 0.734. The second-order valence-corrected chi connectivity index (χ2v) is 5.53. The van der Waals surface area contributed by atoms with Crippen LogP contribution in [0.25, 0.3) is 0 Å². The van der Waals surface area contributed by atoms with Crippen molar-refractivity contribution in [2.75, 3.05) is 6.61 Å². The largest absolute Gasteiger partial charge is 0.477 e. The van der Waals surface area contributed by atoms with Crippen LogP contribution < -0.4 is 11.2 Å². The maximum absolute atomic E-state index is 12.5. The fourth-order valence-corrected chi connectivity index (χ4v) is 3.05. The highest BCUT2D eigenvalue weighted by Crippen LogP contribution is 2.33. The molecule has 0 unspecified atom stereocenters. The fraction of sp³-hybridized carbons (Fsp3) is 0.417. The number of carbonyl (C=O) groups excluding carboxylic acids is 1. The van der Waals surface area contributed by atoms with Gasteiger partial charge in [-0.15, -0.1) is 0 Å². The number of hydrogen-bond acceptors (Lipinski definition) is 5. The molecule has 2 aliphatic rings. The summed E-state index contributed by atoms with van der Waals surface area (Å²) in [5.41, 5.74) is 4.60. The fourth-order valence-electron chi connectivity index (χ4n) is 2.76. The Bertz CT molecular complexity index is 730. The molecule has 2 aliphatic heterocycles. The summed E-state index contributed by atoms with van der Waals surface area (Å²) in [6.07, 6.45) is 1.07. The zero-order valence-corrected chi connectivity index (χ0v) is 11.8. The van der Waals surface area contributed by atoms with Gasteiger partial charge < -0.3 is 14.4 Å². The van der Waals surface area contributed by atoms with E-state index in [9.17, 15) is 14.4 Å². The van der Waals surface area contributed by atoms with Gasteiger partial charge in [0.15, 0.2) is 0 Å². The summed E-state index contributed by atoms with van der Waals surface area (Å²) in [6, 6.07) is -0.262. The van der Waals surface area contributed by atoms with Gasteiger partial charge in [-0.2, -0.15) is 0 Å². The van der Waals surface area contributed by atoms with Crippen LogP contribution in [-0.2, 0) is 11.3 Å². The molecule has 3 heterocycles. The number of halogens is 1. The molecular formula is C12H12ClN3O5. The first-order valence-corrected chi connectivity index (χ1v) is 6.57. The average molecular weight is 314 g/mol. The van der Waals surface area contributed by atoms with Crippen molar-refractivity contribution in [3.63, 3.8) is 0 Å². The van der Waals surface area contributed by atoms with Crippen molar-refractivity contribution in [1.29, 1.82) is 0 Å². The topological polar surface area (TPSA) is 115 Å². The van der Waals surface area contributed by atoms with Crippen LogP contribution in [0, 0.1) is 0 Å². The molecule has 9 heteroatoms. The Labute approximate surface area is 123 Å². The molecule has 3 N–H and O–H groups in total. The lowest BCUT2D eigenvalue weighted by atomic mass is 10.1. The van der Waals surface area contributed by atoms with Crippen molar-refractivity contribution >= 4 is 23.5 Å². The van der Waals surface area contributed by atoms with Gasteiger partial charge in [0.25, 0.3) is 5.91 Å². The molecule has 1 saturated heterocycles. The van der Waals surface area contributed by atoms with E-state index in [0.29, 0.717) is 0 Å². The molecule has 0 radical (unpaired) electrons. The number of pyridine rings is 1. The molecule has 21 heavy (non-hydrogen) atoms. The van der Waals surface area contributed by atoms with Gasteiger partial charge in [-0.3, -0.25) is 20.2 Å². The molecule has 3 rings (SSSR count). The minimum absolute atomic E-state index is 0.00130. The lowest BCUT2D eigenvalue weighted by Gasteiger charge is -2.40. The number of aromatic nitrogens is 1. The van der Waals surface area contributed by atoms with Gasteiger partial charge in [0.1, 0.15) is 16.3 Å². The number of fused-ring (bicyclic) bond motifs is 2. The van der Waals surface area contributed by atoms with Crippen molar-refractivity contribution < 1.29 is 19.4 Å². The molecule has 0 bridgehead atoms. The third-order valence-electron chi connectivity index (χ3n) is 3.70. The van der Waals surface area contributed by atoms with Crippen molar-refractivity contribution in [2.24, 2.45) is 5.73 Å². The van der Waals surface area contributed by atoms with Gasteiger partial charge in [0.05, 0.1) is 19.2 Å². The molecule has 1 aromatic heterocycles. The molecule has 2 atom stereocenters.